The Morgan fingerprint density at radius 3 is 2.78 bits per heavy atom. The number of halogens is 4. The zero-order valence-corrected chi connectivity index (χ0v) is 19.2. The van der Waals surface area contributed by atoms with Crippen molar-refractivity contribution in [1.82, 2.24) is 14.6 Å². The first-order valence-corrected chi connectivity index (χ1v) is 12.2. The number of amides is 1. The number of hydrogen-bond acceptors (Lipinski definition) is 3. The molecule has 5 nitrogen and oxygen atoms in total. The fourth-order valence-electron chi connectivity index (χ4n) is 3.78. The van der Waals surface area contributed by atoms with Crippen molar-refractivity contribution in [3.63, 3.8) is 0 Å². The molecular formula is C22H24F4N4OSe. The minimum absolute atomic E-state index is 0.0468. The number of carbonyl (C=O) groups is 1. The van der Waals surface area contributed by atoms with Crippen LogP contribution in [0.2, 0.25) is 0 Å². The van der Waals surface area contributed by atoms with Gasteiger partial charge in [0.25, 0.3) is 0 Å². The van der Waals surface area contributed by atoms with Crippen LogP contribution in [-0.4, -0.2) is 74.1 Å². The SMILES string of the molecule is CN1CCC(Nc2cccn3c([Se]C(F)(F)F)c(C#CCNC(=O)C4CC4)cc23)C(F)C1. The van der Waals surface area contributed by atoms with Crippen molar-refractivity contribution in [2.24, 2.45) is 5.92 Å². The summed E-state index contributed by atoms with van der Waals surface area (Å²) in [6.45, 7) is 1.14. The number of alkyl halides is 4. The zero-order valence-electron chi connectivity index (χ0n) is 17.5. The van der Waals surface area contributed by atoms with E-state index in [4.69, 9.17) is 0 Å². The Balaban J connectivity index is 1.61. The van der Waals surface area contributed by atoms with Crippen LogP contribution in [-0.2, 0) is 4.79 Å². The first-order chi connectivity index (χ1) is 15.2. The number of rotatable bonds is 5. The normalized spacial score (nSPS) is 21.8. The van der Waals surface area contributed by atoms with Gasteiger partial charge in [0, 0.05) is 0 Å². The summed E-state index contributed by atoms with van der Waals surface area (Å²) in [6, 6.07) is 4.61. The number of aromatic nitrogens is 1. The van der Waals surface area contributed by atoms with Gasteiger partial charge in [-0.25, -0.2) is 0 Å². The van der Waals surface area contributed by atoms with Gasteiger partial charge in [0.2, 0.25) is 0 Å². The second-order valence-electron chi connectivity index (χ2n) is 8.20. The Kier molecular flexibility index (Phi) is 6.70. The van der Waals surface area contributed by atoms with Gasteiger partial charge in [-0.15, -0.1) is 0 Å². The molecule has 2 atom stereocenters. The molecule has 1 amide bonds. The summed E-state index contributed by atoms with van der Waals surface area (Å²) in [4.78, 5) is 13.6. The molecule has 1 saturated carbocycles. The van der Waals surface area contributed by atoms with Crippen molar-refractivity contribution in [2.75, 3.05) is 32.0 Å². The third kappa shape index (κ3) is 5.58. The quantitative estimate of drug-likeness (QED) is 0.365. The van der Waals surface area contributed by atoms with E-state index in [1.807, 2.05) is 11.9 Å². The molecular weight excluding hydrogens is 491 g/mol. The Hall–Kier alpha value is -2.21. The van der Waals surface area contributed by atoms with Gasteiger partial charge in [-0.05, 0) is 0 Å². The molecule has 2 aromatic heterocycles. The standard InChI is InChI=1S/C22H24F4N4OSe/c1-29-11-8-17(16(23)13-29)28-18-5-3-10-30-19(18)12-15(21(30)32-22(24,25)26)4-2-9-27-20(31)14-6-7-14/h3,5,10,12,14,16-17,28H,6-9,11,13H2,1H3,(H,27,31). The van der Waals surface area contributed by atoms with Gasteiger partial charge in [0.05, 0.1) is 0 Å². The Labute approximate surface area is 190 Å². The van der Waals surface area contributed by atoms with Crippen LogP contribution in [0.3, 0.4) is 0 Å². The van der Waals surface area contributed by atoms with E-state index in [1.54, 1.807) is 24.4 Å². The van der Waals surface area contributed by atoms with E-state index >= 15 is 0 Å². The molecule has 0 bridgehead atoms. The number of fused-ring (bicyclic) bond motifs is 1. The summed E-state index contributed by atoms with van der Waals surface area (Å²) in [7, 11) is 1.86. The average Bonchev–Trinajstić information content (AvgIpc) is 3.51. The predicted molar refractivity (Wildman–Crippen MR) is 116 cm³/mol. The summed E-state index contributed by atoms with van der Waals surface area (Å²) in [5, 5.41) is 1.55. The van der Waals surface area contributed by atoms with E-state index in [0.717, 1.165) is 19.4 Å². The third-order valence-corrected chi connectivity index (χ3v) is 7.35. The van der Waals surface area contributed by atoms with E-state index in [9.17, 15) is 22.4 Å². The molecule has 4 rings (SSSR count). The first-order valence-electron chi connectivity index (χ1n) is 10.5. The van der Waals surface area contributed by atoms with Crippen LogP contribution in [0.1, 0.15) is 24.8 Å². The number of anilines is 1. The molecule has 0 spiro atoms. The molecule has 2 unspecified atom stereocenters. The van der Waals surface area contributed by atoms with Gasteiger partial charge < -0.3 is 0 Å². The minimum atomic E-state index is -4.35. The molecule has 1 saturated heterocycles. The second kappa shape index (κ2) is 9.34. The zero-order chi connectivity index (χ0) is 22.9. The molecule has 0 aromatic carbocycles. The van der Waals surface area contributed by atoms with Crippen molar-refractivity contribution in [2.45, 2.75) is 36.6 Å². The Morgan fingerprint density at radius 1 is 1.31 bits per heavy atom. The summed E-state index contributed by atoms with van der Waals surface area (Å²) >= 11 is -1.81. The predicted octanol–water partition coefficient (Wildman–Crippen LogP) is 2.12. The number of pyridine rings is 1. The van der Waals surface area contributed by atoms with Crippen molar-refractivity contribution in [3.8, 4) is 11.8 Å². The van der Waals surface area contributed by atoms with E-state index in [2.05, 4.69) is 22.5 Å². The molecule has 10 heteroatoms. The number of carbonyl (C=O) groups excluding carboxylic acids is 1. The van der Waals surface area contributed by atoms with Gasteiger partial charge in [-0.3, -0.25) is 0 Å². The molecule has 0 radical (unpaired) electrons. The number of likely N-dealkylation sites (tertiary alicyclic amines) is 1. The van der Waals surface area contributed by atoms with Crippen molar-refractivity contribution < 1.29 is 22.4 Å². The average molecular weight is 515 g/mol. The Bertz CT molecular complexity index is 1050. The number of nitrogens with zero attached hydrogens (tertiary/aromatic N) is 2. The summed E-state index contributed by atoms with van der Waals surface area (Å²) < 4.78 is 56.0. The molecule has 172 valence electrons. The van der Waals surface area contributed by atoms with Crippen LogP contribution in [0.5, 0.6) is 0 Å². The van der Waals surface area contributed by atoms with Gasteiger partial charge >= 0.3 is 190 Å². The molecule has 2 aliphatic rings. The van der Waals surface area contributed by atoms with Crippen LogP contribution in [0, 0.1) is 17.8 Å². The Morgan fingerprint density at radius 2 is 2.09 bits per heavy atom. The van der Waals surface area contributed by atoms with Gasteiger partial charge in [0.1, 0.15) is 0 Å². The van der Waals surface area contributed by atoms with Crippen molar-refractivity contribution >= 4 is 36.7 Å². The summed E-state index contributed by atoms with van der Waals surface area (Å²) in [5.41, 5.74) is 1.39. The molecule has 2 aromatic rings. The molecule has 2 N–H and O–H groups in total. The van der Waals surface area contributed by atoms with E-state index in [0.29, 0.717) is 24.2 Å². The first kappa shape index (κ1) is 23.0. The van der Waals surface area contributed by atoms with Crippen molar-refractivity contribution in [1.29, 1.82) is 0 Å². The molecule has 32 heavy (non-hydrogen) atoms. The summed E-state index contributed by atoms with van der Waals surface area (Å²) in [5.74, 6) is 5.57. The number of piperidine rings is 1. The fourth-order valence-corrected chi connectivity index (χ4v) is 5.24. The maximum atomic E-state index is 14.5. The van der Waals surface area contributed by atoms with Gasteiger partial charge in [-0.2, -0.15) is 0 Å². The van der Waals surface area contributed by atoms with Crippen LogP contribution in [0.15, 0.2) is 24.4 Å². The number of nitrogens with one attached hydrogen (secondary N) is 2. The molecule has 3 heterocycles. The van der Waals surface area contributed by atoms with Crippen LogP contribution in [0.4, 0.5) is 23.2 Å². The van der Waals surface area contributed by atoms with Crippen molar-refractivity contribution in [3.05, 3.63) is 30.0 Å². The topological polar surface area (TPSA) is 48.8 Å². The molecule has 1 aliphatic carbocycles. The maximum absolute atomic E-state index is 14.5. The van der Waals surface area contributed by atoms with E-state index < -0.39 is 32.2 Å². The molecule has 1 aliphatic heterocycles. The van der Waals surface area contributed by atoms with E-state index in [1.165, 1.54) is 4.40 Å². The summed E-state index contributed by atoms with van der Waals surface area (Å²) in [6.07, 6.45) is 2.85. The molecule has 2 fully saturated rings. The van der Waals surface area contributed by atoms with Gasteiger partial charge in [-0.1, -0.05) is 0 Å². The third-order valence-electron chi connectivity index (χ3n) is 5.58. The second-order valence-corrected chi connectivity index (χ2v) is 10.4. The van der Waals surface area contributed by atoms with E-state index in [-0.39, 0.29) is 28.5 Å². The van der Waals surface area contributed by atoms with Crippen LogP contribution in [0.25, 0.3) is 5.52 Å². The van der Waals surface area contributed by atoms with Crippen LogP contribution < -0.4 is 15.2 Å². The number of hydrogen-bond donors (Lipinski definition) is 2. The van der Waals surface area contributed by atoms with Crippen LogP contribution >= 0.6 is 0 Å². The van der Waals surface area contributed by atoms with Gasteiger partial charge in [0.15, 0.2) is 0 Å². The fraction of sp³-hybridized carbons (Fsp3) is 0.500. The monoisotopic (exact) mass is 516 g/mol.